The van der Waals surface area contributed by atoms with Crippen molar-refractivity contribution < 1.29 is 29.2 Å². The number of carbonyl (C=O) groups is 1. The molecule has 8 heteroatoms. The Hall–Kier alpha value is -1.87. The number of rotatable bonds is 6. The van der Waals surface area contributed by atoms with E-state index in [4.69, 9.17) is 25.7 Å². The van der Waals surface area contributed by atoms with Gasteiger partial charge in [-0.05, 0) is 24.3 Å². The Balaban J connectivity index is 2.01. The van der Waals surface area contributed by atoms with Crippen LogP contribution >= 0.6 is 0 Å². The zero-order chi connectivity index (χ0) is 16.1. The lowest BCUT2D eigenvalue weighted by atomic mass is 10.0. The Kier molecular flexibility index (Phi) is 5.56. The summed E-state index contributed by atoms with van der Waals surface area (Å²) in [7, 11) is 0. The Morgan fingerprint density at radius 3 is 2.64 bits per heavy atom. The molecule has 122 valence electrons. The van der Waals surface area contributed by atoms with Crippen molar-refractivity contribution in [2.75, 3.05) is 18.9 Å². The topological polar surface area (TPSA) is 137 Å². The summed E-state index contributed by atoms with van der Waals surface area (Å²) >= 11 is 0. The molecule has 0 spiro atoms. The quantitative estimate of drug-likeness (QED) is 0.494. The van der Waals surface area contributed by atoms with Crippen molar-refractivity contribution in [3.63, 3.8) is 0 Å². The van der Waals surface area contributed by atoms with Crippen molar-refractivity contribution in [1.29, 1.82) is 0 Å². The second-order valence-electron chi connectivity index (χ2n) is 5.02. The van der Waals surface area contributed by atoms with Gasteiger partial charge < -0.3 is 35.9 Å². The van der Waals surface area contributed by atoms with Crippen LogP contribution in [0.4, 0.5) is 5.69 Å². The van der Waals surface area contributed by atoms with E-state index in [0.717, 1.165) is 0 Å². The van der Waals surface area contributed by atoms with E-state index in [9.17, 15) is 15.0 Å². The Morgan fingerprint density at radius 1 is 1.36 bits per heavy atom. The molecule has 0 aromatic heterocycles. The molecular formula is C14H20N2O6. The third-order valence-corrected chi connectivity index (χ3v) is 3.28. The Labute approximate surface area is 127 Å². The van der Waals surface area contributed by atoms with Gasteiger partial charge >= 0.3 is 0 Å². The lowest BCUT2D eigenvalue weighted by Crippen LogP contribution is -2.52. The maximum atomic E-state index is 10.8. The summed E-state index contributed by atoms with van der Waals surface area (Å²) < 4.78 is 16.4. The maximum Gasteiger partial charge on any atom is 0.243 e. The van der Waals surface area contributed by atoms with Crippen LogP contribution in [0.1, 0.15) is 6.42 Å². The first-order valence-electron chi connectivity index (χ1n) is 6.86. The molecule has 0 aliphatic carbocycles. The lowest BCUT2D eigenvalue weighted by Gasteiger charge is -2.38. The van der Waals surface area contributed by atoms with Gasteiger partial charge in [0.05, 0.1) is 12.7 Å². The van der Waals surface area contributed by atoms with Gasteiger partial charge in [0.25, 0.3) is 0 Å². The highest BCUT2D eigenvalue weighted by atomic mass is 16.7. The van der Waals surface area contributed by atoms with Crippen LogP contribution in [-0.4, -0.2) is 53.9 Å². The highest BCUT2D eigenvalue weighted by Gasteiger charge is 2.39. The number of ether oxygens (including phenoxy) is 3. The van der Waals surface area contributed by atoms with E-state index in [-0.39, 0.29) is 13.0 Å². The van der Waals surface area contributed by atoms with Gasteiger partial charge in [0.1, 0.15) is 24.6 Å². The predicted molar refractivity (Wildman–Crippen MR) is 76.8 cm³/mol. The number of carbonyl (C=O) groups excluding carboxylic acids is 1. The molecule has 0 radical (unpaired) electrons. The molecule has 2 rings (SSSR count). The molecule has 22 heavy (non-hydrogen) atoms. The van der Waals surface area contributed by atoms with E-state index in [1.54, 1.807) is 24.3 Å². The largest absolute Gasteiger partial charge is 0.465 e. The van der Waals surface area contributed by atoms with Gasteiger partial charge in [-0.25, -0.2) is 0 Å². The monoisotopic (exact) mass is 312 g/mol. The average molecular weight is 312 g/mol. The minimum absolute atomic E-state index is 0.190. The van der Waals surface area contributed by atoms with Crippen LogP contribution in [0.5, 0.6) is 5.75 Å². The minimum atomic E-state index is -1.07. The van der Waals surface area contributed by atoms with Crippen molar-refractivity contribution in [2.24, 2.45) is 5.73 Å². The number of nitrogen functional groups attached to an aromatic ring is 1. The lowest BCUT2D eigenvalue weighted by molar-refractivity contribution is -0.238. The van der Waals surface area contributed by atoms with Crippen LogP contribution < -0.4 is 16.2 Å². The van der Waals surface area contributed by atoms with Crippen LogP contribution in [-0.2, 0) is 14.3 Å². The van der Waals surface area contributed by atoms with E-state index in [0.29, 0.717) is 11.4 Å². The molecule has 1 aliphatic heterocycles. The summed E-state index contributed by atoms with van der Waals surface area (Å²) in [5.41, 5.74) is 11.2. The molecule has 1 aromatic carbocycles. The van der Waals surface area contributed by atoms with E-state index in [1.807, 2.05) is 0 Å². The molecular weight excluding hydrogens is 292 g/mol. The number of amides is 1. The van der Waals surface area contributed by atoms with Crippen molar-refractivity contribution in [1.82, 2.24) is 0 Å². The fourth-order valence-corrected chi connectivity index (χ4v) is 2.18. The molecule has 8 nitrogen and oxygen atoms in total. The van der Waals surface area contributed by atoms with Gasteiger partial charge in [0.15, 0.2) is 0 Å². The second kappa shape index (κ2) is 7.41. The molecule has 0 bridgehead atoms. The number of hydrogen-bond acceptors (Lipinski definition) is 7. The first-order valence-corrected chi connectivity index (χ1v) is 6.86. The summed E-state index contributed by atoms with van der Waals surface area (Å²) in [5.74, 6) is -0.115. The fourth-order valence-electron chi connectivity index (χ4n) is 2.18. The van der Waals surface area contributed by atoms with Crippen LogP contribution in [0, 0.1) is 0 Å². The summed E-state index contributed by atoms with van der Waals surface area (Å²) in [5, 5.41) is 19.3. The Morgan fingerprint density at radius 2 is 2.05 bits per heavy atom. The minimum Gasteiger partial charge on any atom is -0.465 e. The summed E-state index contributed by atoms with van der Waals surface area (Å²) in [4.78, 5) is 10.8. The molecule has 4 atom stereocenters. The van der Waals surface area contributed by atoms with Crippen LogP contribution in [0.2, 0.25) is 0 Å². The van der Waals surface area contributed by atoms with E-state index in [2.05, 4.69) is 0 Å². The van der Waals surface area contributed by atoms with Gasteiger partial charge in [-0.15, -0.1) is 0 Å². The number of nitrogens with two attached hydrogens (primary N) is 2. The van der Waals surface area contributed by atoms with Crippen molar-refractivity contribution >= 4 is 11.6 Å². The van der Waals surface area contributed by atoms with Gasteiger partial charge in [0, 0.05) is 12.1 Å². The van der Waals surface area contributed by atoms with Crippen molar-refractivity contribution in [3.8, 4) is 5.75 Å². The summed E-state index contributed by atoms with van der Waals surface area (Å²) in [6, 6.07) is 6.71. The highest BCUT2D eigenvalue weighted by molar-refractivity contribution is 5.75. The third kappa shape index (κ3) is 4.31. The SMILES string of the molecule is NC(=O)CO[C@@H]1C[C@H](Oc2ccc(N)cc2)O[C@H](CO)[C@@H]1O. The molecule has 6 N–H and O–H groups in total. The maximum absolute atomic E-state index is 10.8. The molecule has 1 fully saturated rings. The van der Waals surface area contributed by atoms with Gasteiger partial charge in [0.2, 0.25) is 12.2 Å². The number of anilines is 1. The molecule has 0 saturated carbocycles. The molecule has 1 aliphatic rings. The number of benzene rings is 1. The van der Waals surface area contributed by atoms with Gasteiger partial charge in [-0.2, -0.15) is 0 Å². The van der Waals surface area contributed by atoms with Crippen LogP contribution in [0.3, 0.4) is 0 Å². The van der Waals surface area contributed by atoms with E-state index < -0.39 is 37.1 Å². The van der Waals surface area contributed by atoms with Crippen LogP contribution in [0.25, 0.3) is 0 Å². The molecule has 1 amide bonds. The zero-order valence-electron chi connectivity index (χ0n) is 11.9. The van der Waals surface area contributed by atoms with Crippen LogP contribution in [0.15, 0.2) is 24.3 Å². The second-order valence-corrected chi connectivity index (χ2v) is 5.02. The summed E-state index contributed by atoms with van der Waals surface area (Å²) in [6.07, 6.45) is -3.21. The Bertz CT molecular complexity index is 495. The van der Waals surface area contributed by atoms with Crippen molar-refractivity contribution in [2.45, 2.75) is 31.0 Å². The average Bonchev–Trinajstić information content (AvgIpc) is 2.49. The van der Waals surface area contributed by atoms with E-state index in [1.165, 1.54) is 0 Å². The normalized spacial score (nSPS) is 28.3. The van der Waals surface area contributed by atoms with Gasteiger partial charge in [-0.3, -0.25) is 4.79 Å². The number of primary amides is 1. The predicted octanol–water partition coefficient (Wildman–Crippen LogP) is -1.01. The number of aliphatic hydroxyl groups is 2. The highest BCUT2D eigenvalue weighted by Crippen LogP contribution is 2.25. The van der Waals surface area contributed by atoms with Crippen molar-refractivity contribution in [3.05, 3.63) is 24.3 Å². The first-order chi connectivity index (χ1) is 10.5. The zero-order valence-corrected chi connectivity index (χ0v) is 11.9. The standard InChI is InChI=1S/C14H20N2O6/c15-8-1-3-9(4-2-8)21-13-5-10(20-7-12(16)18)14(19)11(6-17)22-13/h1-4,10-11,13-14,17,19H,5-7,15H2,(H2,16,18)/t10-,11-,13-,14-/m1/s1. The third-order valence-electron chi connectivity index (χ3n) is 3.28. The smallest absolute Gasteiger partial charge is 0.243 e. The summed E-state index contributed by atoms with van der Waals surface area (Å²) in [6.45, 7) is -0.729. The molecule has 1 heterocycles. The first kappa shape index (κ1) is 16.5. The molecule has 1 saturated heterocycles. The van der Waals surface area contributed by atoms with Gasteiger partial charge in [-0.1, -0.05) is 0 Å². The molecule has 0 unspecified atom stereocenters. The van der Waals surface area contributed by atoms with E-state index >= 15 is 0 Å². The number of hydrogen-bond donors (Lipinski definition) is 4. The molecule has 1 aromatic rings. The fraction of sp³-hybridized carbons (Fsp3) is 0.500. The number of aliphatic hydroxyl groups excluding tert-OH is 2.